The molecule has 1 saturated carbocycles. The van der Waals surface area contributed by atoms with E-state index < -0.39 is 23.2 Å². The first-order valence-corrected chi connectivity index (χ1v) is 12.1. The summed E-state index contributed by atoms with van der Waals surface area (Å²) in [6.45, 7) is 2.29. The smallest absolute Gasteiger partial charge is 0.329 e. The van der Waals surface area contributed by atoms with Gasteiger partial charge in [0, 0.05) is 23.9 Å². The standard InChI is InChI=1S/C29H29FN2O4/c1-20-12-14-22(15-13-20)26(33)24-11-7-19-32(24)18-6-9-21-8-5-10-23(25(21)30)27(34)31-29(28(35)36)16-3-2-4-17-29/h5-15,19H,2-4,16-18H2,1H3,(H,31,34)(H,35,36)/b9-6+. The number of aromatic nitrogens is 1. The minimum absolute atomic E-state index is 0.103. The molecule has 0 spiro atoms. The molecular weight excluding hydrogens is 459 g/mol. The highest BCUT2D eigenvalue weighted by Crippen LogP contribution is 2.29. The molecule has 1 aromatic heterocycles. The lowest BCUT2D eigenvalue weighted by molar-refractivity contribution is -0.145. The van der Waals surface area contributed by atoms with Gasteiger partial charge in [0.25, 0.3) is 5.91 Å². The molecule has 0 radical (unpaired) electrons. The van der Waals surface area contributed by atoms with Gasteiger partial charge in [-0.15, -0.1) is 0 Å². The Balaban J connectivity index is 1.48. The van der Waals surface area contributed by atoms with Crippen LogP contribution >= 0.6 is 0 Å². The average Bonchev–Trinajstić information content (AvgIpc) is 3.34. The number of allylic oxidation sites excluding steroid dienone is 1. The number of halogens is 1. The summed E-state index contributed by atoms with van der Waals surface area (Å²) in [7, 11) is 0. The topological polar surface area (TPSA) is 88.4 Å². The van der Waals surface area contributed by atoms with E-state index in [4.69, 9.17) is 0 Å². The average molecular weight is 489 g/mol. The van der Waals surface area contributed by atoms with Crippen molar-refractivity contribution in [2.45, 2.75) is 51.1 Å². The fourth-order valence-corrected chi connectivity index (χ4v) is 4.61. The van der Waals surface area contributed by atoms with Crippen LogP contribution in [0.25, 0.3) is 6.08 Å². The van der Waals surface area contributed by atoms with Crippen LogP contribution in [0.4, 0.5) is 4.39 Å². The van der Waals surface area contributed by atoms with Crippen LogP contribution in [0.15, 0.2) is 66.9 Å². The van der Waals surface area contributed by atoms with Crippen LogP contribution in [0.3, 0.4) is 0 Å². The number of carbonyl (C=O) groups is 3. The molecule has 0 atom stereocenters. The molecule has 3 aromatic rings. The number of nitrogens with one attached hydrogen (secondary N) is 1. The number of hydrogen-bond donors (Lipinski definition) is 2. The van der Waals surface area contributed by atoms with Gasteiger partial charge in [0.15, 0.2) is 0 Å². The first-order chi connectivity index (χ1) is 17.3. The number of nitrogens with zero attached hydrogens (tertiary/aromatic N) is 1. The Morgan fingerprint density at radius 2 is 1.75 bits per heavy atom. The largest absolute Gasteiger partial charge is 0.480 e. The van der Waals surface area contributed by atoms with Crippen LogP contribution in [0.2, 0.25) is 0 Å². The molecule has 0 unspecified atom stereocenters. The number of rotatable bonds is 8. The van der Waals surface area contributed by atoms with Crippen molar-refractivity contribution >= 4 is 23.7 Å². The minimum Gasteiger partial charge on any atom is -0.480 e. The number of aryl methyl sites for hydroxylation is 1. The van der Waals surface area contributed by atoms with Crippen molar-refractivity contribution in [1.29, 1.82) is 0 Å². The highest BCUT2D eigenvalue weighted by molar-refractivity contribution is 6.08. The van der Waals surface area contributed by atoms with Crippen LogP contribution < -0.4 is 5.32 Å². The minimum atomic E-state index is -1.36. The molecule has 0 aliphatic heterocycles. The summed E-state index contributed by atoms with van der Waals surface area (Å²) in [6.07, 6.45) is 8.02. The summed E-state index contributed by atoms with van der Waals surface area (Å²) in [5.74, 6) is -2.64. The monoisotopic (exact) mass is 488 g/mol. The van der Waals surface area contributed by atoms with Crippen molar-refractivity contribution in [3.05, 3.63) is 101 Å². The van der Waals surface area contributed by atoms with Gasteiger partial charge in [0.05, 0.1) is 11.3 Å². The molecule has 6 nitrogen and oxygen atoms in total. The molecule has 1 heterocycles. The maximum absolute atomic E-state index is 15.2. The molecule has 7 heteroatoms. The third-order valence-electron chi connectivity index (χ3n) is 6.72. The Bertz CT molecular complexity index is 1300. The van der Waals surface area contributed by atoms with Crippen LogP contribution in [0, 0.1) is 12.7 Å². The molecule has 36 heavy (non-hydrogen) atoms. The SMILES string of the molecule is Cc1ccc(C(=O)c2cccn2C/C=C/c2cccc(C(=O)NC3(C(=O)O)CCCCC3)c2F)cc1. The van der Waals surface area contributed by atoms with Crippen molar-refractivity contribution in [3.8, 4) is 0 Å². The molecule has 2 N–H and O–H groups in total. The quantitative estimate of drug-likeness (QED) is 0.416. The van der Waals surface area contributed by atoms with Gasteiger partial charge in [0.2, 0.25) is 5.78 Å². The van der Waals surface area contributed by atoms with Crippen LogP contribution in [0.5, 0.6) is 0 Å². The zero-order valence-electron chi connectivity index (χ0n) is 20.2. The molecule has 186 valence electrons. The van der Waals surface area contributed by atoms with E-state index in [2.05, 4.69) is 5.32 Å². The Morgan fingerprint density at radius 3 is 2.44 bits per heavy atom. The zero-order chi connectivity index (χ0) is 25.7. The molecule has 0 saturated heterocycles. The van der Waals surface area contributed by atoms with Gasteiger partial charge in [-0.2, -0.15) is 0 Å². The number of carbonyl (C=O) groups excluding carboxylic acids is 2. The number of carboxylic acids is 1. The van der Waals surface area contributed by atoms with Crippen LogP contribution in [-0.4, -0.2) is 32.9 Å². The molecule has 1 fully saturated rings. The van der Waals surface area contributed by atoms with E-state index in [-0.39, 0.29) is 16.9 Å². The predicted molar refractivity (Wildman–Crippen MR) is 135 cm³/mol. The summed E-state index contributed by atoms with van der Waals surface area (Å²) in [4.78, 5) is 37.6. The van der Waals surface area contributed by atoms with E-state index >= 15 is 4.39 Å². The lowest BCUT2D eigenvalue weighted by atomic mass is 9.81. The first kappa shape index (κ1) is 25.1. The number of benzene rings is 2. The molecule has 1 aliphatic carbocycles. The lowest BCUT2D eigenvalue weighted by Crippen LogP contribution is -2.55. The molecule has 1 amide bonds. The number of hydrogen-bond acceptors (Lipinski definition) is 3. The van der Waals surface area contributed by atoms with Crippen molar-refractivity contribution < 1.29 is 23.9 Å². The second-order valence-corrected chi connectivity index (χ2v) is 9.25. The van der Waals surface area contributed by atoms with E-state index in [9.17, 15) is 19.5 Å². The van der Waals surface area contributed by atoms with E-state index in [0.29, 0.717) is 43.5 Å². The molecule has 0 bridgehead atoms. The highest BCUT2D eigenvalue weighted by Gasteiger charge is 2.41. The highest BCUT2D eigenvalue weighted by atomic mass is 19.1. The predicted octanol–water partition coefficient (Wildman–Crippen LogP) is 5.40. The molecule has 1 aliphatic rings. The first-order valence-electron chi connectivity index (χ1n) is 12.1. The lowest BCUT2D eigenvalue weighted by Gasteiger charge is -2.34. The summed E-state index contributed by atoms with van der Waals surface area (Å²) in [5, 5.41) is 12.3. The van der Waals surface area contributed by atoms with E-state index in [1.54, 1.807) is 59.3 Å². The summed E-state index contributed by atoms with van der Waals surface area (Å²) >= 11 is 0. The normalized spacial score (nSPS) is 15.1. The zero-order valence-corrected chi connectivity index (χ0v) is 20.2. The summed E-state index contributed by atoms with van der Waals surface area (Å²) in [6, 6.07) is 15.3. The fourth-order valence-electron chi connectivity index (χ4n) is 4.61. The van der Waals surface area contributed by atoms with Gasteiger partial charge in [0.1, 0.15) is 11.4 Å². The van der Waals surface area contributed by atoms with Gasteiger partial charge in [-0.05, 0) is 38.0 Å². The van der Waals surface area contributed by atoms with E-state index in [1.807, 2.05) is 19.1 Å². The summed E-state index contributed by atoms with van der Waals surface area (Å²) < 4.78 is 17.0. The van der Waals surface area contributed by atoms with Crippen molar-refractivity contribution in [1.82, 2.24) is 9.88 Å². The van der Waals surface area contributed by atoms with Gasteiger partial charge < -0.3 is 15.0 Å². The van der Waals surface area contributed by atoms with Crippen molar-refractivity contribution in [2.24, 2.45) is 0 Å². The van der Waals surface area contributed by atoms with Gasteiger partial charge in [-0.3, -0.25) is 9.59 Å². The molecular formula is C29H29FN2O4. The number of carboxylic acid groups (broad SMARTS) is 1. The Hall–Kier alpha value is -4.00. The van der Waals surface area contributed by atoms with Gasteiger partial charge in [-0.25, -0.2) is 9.18 Å². The Morgan fingerprint density at radius 1 is 1.03 bits per heavy atom. The molecule has 4 rings (SSSR count). The van der Waals surface area contributed by atoms with Gasteiger partial charge >= 0.3 is 5.97 Å². The Kier molecular flexibility index (Phi) is 7.48. The van der Waals surface area contributed by atoms with Crippen LogP contribution in [-0.2, 0) is 11.3 Å². The number of ketones is 1. The maximum atomic E-state index is 15.2. The van der Waals surface area contributed by atoms with Gasteiger partial charge in [-0.1, -0.05) is 73.4 Å². The Labute approximate surface area is 209 Å². The third kappa shape index (κ3) is 5.30. The van der Waals surface area contributed by atoms with Crippen molar-refractivity contribution in [3.63, 3.8) is 0 Å². The second-order valence-electron chi connectivity index (χ2n) is 9.25. The second kappa shape index (κ2) is 10.7. The third-order valence-corrected chi connectivity index (χ3v) is 6.72. The van der Waals surface area contributed by atoms with Crippen LogP contribution in [0.1, 0.15) is 69.6 Å². The fraction of sp³-hybridized carbons (Fsp3) is 0.276. The number of aliphatic carboxylic acids is 1. The molecule has 2 aromatic carbocycles. The van der Waals surface area contributed by atoms with E-state index in [0.717, 1.165) is 12.0 Å². The summed E-state index contributed by atoms with van der Waals surface area (Å²) in [5.41, 5.74) is 0.825. The number of amides is 1. The maximum Gasteiger partial charge on any atom is 0.329 e. The van der Waals surface area contributed by atoms with Crippen molar-refractivity contribution in [2.75, 3.05) is 0 Å². The van der Waals surface area contributed by atoms with E-state index in [1.165, 1.54) is 6.07 Å².